The van der Waals surface area contributed by atoms with Crippen molar-refractivity contribution in [2.45, 2.75) is 20.3 Å². The van der Waals surface area contributed by atoms with Crippen LogP contribution in [0.15, 0.2) is 30.3 Å². The molecule has 0 saturated heterocycles. The van der Waals surface area contributed by atoms with Crippen molar-refractivity contribution in [3.8, 4) is 0 Å². The molecule has 0 heterocycles. The molecular weight excluding hydrogens is 190 g/mol. The summed E-state index contributed by atoms with van der Waals surface area (Å²) in [5.41, 5.74) is 3.70. The third-order valence-electron chi connectivity index (χ3n) is 2.20. The summed E-state index contributed by atoms with van der Waals surface area (Å²) < 4.78 is 0. The molecule has 82 valence electrons. The molecule has 0 bridgehead atoms. The number of hydrogen-bond donors (Lipinski definition) is 1. The van der Waals surface area contributed by atoms with Crippen molar-refractivity contribution in [1.82, 2.24) is 0 Å². The van der Waals surface area contributed by atoms with E-state index in [2.05, 4.69) is 5.48 Å². The van der Waals surface area contributed by atoms with Crippen LogP contribution in [-0.4, -0.2) is 12.4 Å². The van der Waals surface area contributed by atoms with E-state index < -0.39 is 0 Å². The van der Waals surface area contributed by atoms with Gasteiger partial charge in [0.1, 0.15) is 5.78 Å². The SMILES string of the molecule is CCC(=O)C(C)CONc1ccccc1. The predicted octanol–water partition coefficient (Wildman–Crippen LogP) is 2.65. The fourth-order valence-electron chi connectivity index (χ4n) is 1.20. The molecule has 0 radical (unpaired) electrons. The van der Waals surface area contributed by atoms with Crippen LogP contribution in [0.1, 0.15) is 20.3 Å². The molecule has 1 aromatic rings. The zero-order chi connectivity index (χ0) is 11.1. The molecule has 0 aliphatic carbocycles. The highest BCUT2D eigenvalue weighted by molar-refractivity contribution is 5.80. The van der Waals surface area contributed by atoms with E-state index in [1.807, 2.05) is 44.2 Å². The highest BCUT2D eigenvalue weighted by Gasteiger charge is 2.10. The second-order valence-electron chi connectivity index (χ2n) is 3.50. The van der Waals surface area contributed by atoms with Crippen molar-refractivity contribution in [3.63, 3.8) is 0 Å². The van der Waals surface area contributed by atoms with Crippen LogP contribution in [0.25, 0.3) is 0 Å². The lowest BCUT2D eigenvalue weighted by atomic mass is 10.1. The van der Waals surface area contributed by atoms with Crippen LogP contribution in [0.2, 0.25) is 0 Å². The van der Waals surface area contributed by atoms with Gasteiger partial charge in [-0.2, -0.15) is 0 Å². The van der Waals surface area contributed by atoms with Crippen LogP contribution >= 0.6 is 0 Å². The lowest BCUT2D eigenvalue weighted by Crippen LogP contribution is -2.18. The number of anilines is 1. The van der Waals surface area contributed by atoms with E-state index in [1.165, 1.54) is 0 Å². The molecule has 1 aromatic carbocycles. The second kappa shape index (κ2) is 6.19. The summed E-state index contributed by atoms with van der Waals surface area (Å²) in [4.78, 5) is 16.5. The molecule has 1 unspecified atom stereocenters. The van der Waals surface area contributed by atoms with E-state index >= 15 is 0 Å². The number of ketones is 1. The minimum atomic E-state index is -0.0498. The van der Waals surface area contributed by atoms with Crippen molar-refractivity contribution < 1.29 is 9.63 Å². The number of benzene rings is 1. The van der Waals surface area contributed by atoms with Gasteiger partial charge in [0.2, 0.25) is 0 Å². The van der Waals surface area contributed by atoms with E-state index in [0.29, 0.717) is 13.0 Å². The average Bonchev–Trinajstić information content (AvgIpc) is 2.29. The van der Waals surface area contributed by atoms with Gasteiger partial charge in [0, 0.05) is 12.3 Å². The minimum Gasteiger partial charge on any atom is -0.299 e. The fraction of sp³-hybridized carbons (Fsp3) is 0.417. The molecular formula is C12H17NO2. The number of rotatable bonds is 6. The number of carbonyl (C=O) groups excluding carboxylic acids is 1. The average molecular weight is 207 g/mol. The third kappa shape index (κ3) is 4.13. The van der Waals surface area contributed by atoms with Crippen molar-refractivity contribution in [2.24, 2.45) is 5.92 Å². The Labute approximate surface area is 90.4 Å². The van der Waals surface area contributed by atoms with Gasteiger partial charge in [0.15, 0.2) is 0 Å². The molecule has 0 aromatic heterocycles. The molecule has 0 aliphatic rings. The Balaban J connectivity index is 2.25. The van der Waals surface area contributed by atoms with Gasteiger partial charge < -0.3 is 0 Å². The first-order chi connectivity index (χ1) is 7.24. The van der Waals surface area contributed by atoms with Crippen molar-refractivity contribution in [2.75, 3.05) is 12.1 Å². The molecule has 0 aliphatic heterocycles. The zero-order valence-electron chi connectivity index (χ0n) is 9.19. The largest absolute Gasteiger partial charge is 0.299 e. The smallest absolute Gasteiger partial charge is 0.137 e. The summed E-state index contributed by atoms with van der Waals surface area (Å²) >= 11 is 0. The van der Waals surface area contributed by atoms with Gasteiger partial charge in [-0.3, -0.25) is 15.1 Å². The Morgan fingerprint density at radius 3 is 2.67 bits per heavy atom. The van der Waals surface area contributed by atoms with Crippen molar-refractivity contribution in [1.29, 1.82) is 0 Å². The van der Waals surface area contributed by atoms with Gasteiger partial charge in [0.05, 0.1) is 12.3 Å². The molecule has 1 N–H and O–H groups in total. The lowest BCUT2D eigenvalue weighted by molar-refractivity contribution is -0.123. The van der Waals surface area contributed by atoms with Crippen LogP contribution in [-0.2, 0) is 9.63 Å². The van der Waals surface area contributed by atoms with E-state index in [1.54, 1.807) is 0 Å². The molecule has 0 amide bonds. The fourth-order valence-corrected chi connectivity index (χ4v) is 1.20. The minimum absolute atomic E-state index is 0.0498. The quantitative estimate of drug-likeness (QED) is 0.729. The molecule has 15 heavy (non-hydrogen) atoms. The van der Waals surface area contributed by atoms with Gasteiger partial charge in [-0.25, -0.2) is 0 Å². The first-order valence-electron chi connectivity index (χ1n) is 5.19. The summed E-state index contributed by atoms with van der Waals surface area (Å²) in [5, 5.41) is 0. The molecule has 0 saturated carbocycles. The standard InChI is InChI=1S/C12H17NO2/c1-3-12(14)10(2)9-15-13-11-7-5-4-6-8-11/h4-8,10,13H,3,9H2,1-2H3. The van der Waals surface area contributed by atoms with Gasteiger partial charge >= 0.3 is 0 Å². The maximum atomic E-state index is 11.2. The molecule has 0 spiro atoms. The van der Waals surface area contributed by atoms with Crippen LogP contribution < -0.4 is 5.48 Å². The van der Waals surface area contributed by atoms with E-state index in [-0.39, 0.29) is 11.7 Å². The molecule has 3 heteroatoms. The molecule has 0 fully saturated rings. The molecule has 1 atom stereocenters. The normalized spacial score (nSPS) is 12.1. The van der Waals surface area contributed by atoms with Crippen LogP contribution in [0.3, 0.4) is 0 Å². The maximum absolute atomic E-state index is 11.2. The summed E-state index contributed by atoms with van der Waals surface area (Å²) in [5.74, 6) is 0.177. The third-order valence-corrected chi connectivity index (χ3v) is 2.20. The molecule has 1 rings (SSSR count). The summed E-state index contributed by atoms with van der Waals surface area (Å²) in [6, 6.07) is 9.60. The number of hydrogen-bond acceptors (Lipinski definition) is 3. The van der Waals surface area contributed by atoms with Gasteiger partial charge in [-0.05, 0) is 12.1 Å². The first kappa shape index (κ1) is 11.7. The Kier molecular flexibility index (Phi) is 4.84. The van der Waals surface area contributed by atoms with Crippen LogP contribution in [0, 0.1) is 5.92 Å². The Morgan fingerprint density at radius 1 is 1.40 bits per heavy atom. The van der Waals surface area contributed by atoms with Gasteiger partial charge in [0.25, 0.3) is 0 Å². The van der Waals surface area contributed by atoms with Crippen molar-refractivity contribution in [3.05, 3.63) is 30.3 Å². The highest BCUT2D eigenvalue weighted by Crippen LogP contribution is 2.06. The summed E-state index contributed by atoms with van der Waals surface area (Å²) in [7, 11) is 0. The van der Waals surface area contributed by atoms with Crippen LogP contribution in [0.5, 0.6) is 0 Å². The summed E-state index contributed by atoms with van der Waals surface area (Å²) in [6.07, 6.45) is 0.565. The predicted molar refractivity (Wildman–Crippen MR) is 60.5 cm³/mol. The lowest BCUT2D eigenvalue weighted by Gasteiger charge is -2.10. The van der Waals surface area contributed by atoms with Gasteiger partial charge in [-0.15, -0.1) is 0 Å². The number of nitrogens with one attached hydrogen (secondary N) is 1. The van der Waals surface area contributed by atoms with E-state index in [4.69, 9.17) is 4.84 Å². The van der Waals surface area contributed by atoms with Gasteiger partial charge in [-0.1, -0.05) is 32.0 Å². The number of carbonyl (C=O) groups is 1. The maximum Gasteiger partial charge on any atom is 0.137 e. The van der Waals surface area contributed by atoms with Crippen molar-refractivity contribution >= 4 is 11.5 Å². The van der Waals surface area contributed by atoms with E-state index in [9.17, 15) is 4.79 Å². The zero-order valence-corrected chi connectivity index (χ0v) is 9.19. The highest BCUT2D eigenvalue weighted by atomic mass is 16.6. The monoisotopic (exact) mass is 207 g/mol. The Hall–Kier alpha value is -1.35. The number of para-hydroxylation sites is 1. The van der Waals surface area contributed by atoms with Crippen LogP contribution in [0.4, 0.5) is 5.69 Å². The first-order valence-corrected chi connectivity index (χ1v) is 5.19. The van der Waals surface area contributed by atoms with E-state index in [0.717, 1.165) is 5.69 Å². The molecule has 3 nitrogen and oxygen atoms in total. The topological polar surface area (TPSA) is 38.3 Å². The second-order valence-corrected chi connectivity index (χ2v) is 3.50. The number of Topliss-reactive ketones (excluding diaryl/α,β-unsaturated/α-hetero) is 1. The Morgan fingerprint density at radius 2 is 2.07 bits per heavy atom. The summed E-state index contributed by atoms with van der Waals surface area (Å²) in [6.45, 7) is 4.14. The Bertz CT molecular complexity index is 298.